The Bertz CT molecular complexity index is 358. The zero-order chi connectivity index (χ0) is 13.1. The van der Waals surface area contributed by atoms with E-state index in [1.165, 1.54) is 4.88 Å². The van der Waals surface area contributed by atoms with Gasteiger partial charge in [0.05, 0.1) is 12.0 Å². The molecule has 1 aromatic heterocycles. The molecule has 17 heavy (non-hydrogen) atoms. The minimum Gasteiger partial charge on any atom is -0.335 e. The molecular weight excluding hydrogens is 232 g/mol. The van der Waals surface area contributed by atoms with Crippen molar-refractivity contribution in [3.63, 3.8) is 0 Å². The summed E-state index contributed by atoms with van der Waals surface area (Å²) in [5.41, 5.74) is 5.19. The van der Waals surface area contributed by atoms with Crippen LogP contribution in [0.1, 0.15) is 32.6 Å². The number of nitrogens with two attached hydrogens (primary N) is 1. The van der Waals surface area contributed by atoms with Crippen LogP contribution in [0.3, 0.4) is 0 Å². The molecule has 0 spiro atoms. The van der Waals surface area contributed by atoms with Crippen LogP contribution in [-0.2, 0) is 11.3 Å². The zero-order valence-corrected chi connectivity index (χ0v) is 11.9. The first-order valence-electron chi connectivity index (χ1n) is 5.92. The molecular formula is C13H22N2OS. The summed E-state index contributed by atoms with van der Waals surface area (Å²) in [5, 5.41) is 2.03. The van der Waals surface area contributed by atoms with Crippen molar-refractivity contribution in [3.8, 4) is 0 Å². The van der Waals surface area contributed by atoms with E-state index in [-0.39, 0.29) is 11.9 Å². The van der Waals surface area contributed by atoms with Crippen LogP contribution < -0.4 is 5.73 Å². The quantitative estimate of drug-likeness (QED) is 0.877. The molecule has 0 radical (unpaired) electrons. The standard InChI is InChI=1S/C13H22N2OS/c1-10(2)15(8-11-6-5-7-17-11)12(16)13(3,4)9-14/h5-7,10H,8-9,14H2,1-4H3. The number of carbonyl (C=O) groups is 1. The second kappa shape index (κ2) is 5.65. The fraction of sp³-hybridized carbons (Fsp3) is 0.615. The highest BCUT2D eigenvalue weighted by molar-refractivity contribution is 7.09. The summed E-state index contributed by atoms with van der Waals surface area (Å²) in [7, 11) is 0. The maximum atomic E-state index is 12.4. The predicted molar refractivity (Wildman–Crippen MR) is 72.8 cm³/mol. The van der Waals surface area contributed by atoms with Crippen molar-refractivity contribution >= 4 is 17.2 Å². The maximum Gasteiger partial charge on any atom is 0.230 e. The van der Waals surface area contributed by atoms with Crippen molar-refractivity contribution in [3.05, 3.63) is 22.4 Å². The molecule has 4 heteroatoms. The van der Waals surface area contributed by atoms with Gasteiger partial charge in [0.1, 0.15) is 0 Å². The molecule has 3 nitrogen and oxygen atoms in total. The molecule has 1 heterocycles. The van der Waals surface area contributed by atoms with Gasteiger partial charge in [-0.05, 0) is 39.1 Å². The Labute approximate surface area is 108 Å². The van der Waals surface area contributed by atoms with Gasteiger partial charge in [0.25, 0.3) is 0 Å². The SMILES string of the molecule is CC(C)N(Cc1cccs1)C(=O)C(C)(C)CN. The van der Waals surface area contributed by atoms with Crippen LogP contribution in [0, 0.1) is 5.41 Å². The van der Waals surface area contributed by atoms with E-state index in [2.05, 4.69) is 6.07 Å². The van der Waals surface area contributed by atoms with Gasteiger partial charge < -0.3 is 10.6 Å². The lowest BCUT2D eigenvalue weighted by molar-refractivity contribution is -0.142. The molecule has 0 saturated carbocycles. The lowest BCUT2D eigenvalue weighted by atomic mass is 9.91. The largest absolute Gasteiger partial charge is 0.335 e. The Balaban J connectivity index is 2.83. The number of carbonyl (C=O) groups excluding carboxylic acids is 1. The second-order valence-corrected chi connectivity index (χ2v) is 6.23. The van der Waals surface area contributed by atoms with E-state index in [1.54, 1.807) is 11.3 Å². The van der Waals surface area contributed by atoms with Gasteiger partial charge in [-0.3, -0.25) is 4.79 Å². The first kappa shape index (κ1) is 14.2. The van der Waals surface area contributed by atoms with Gasteiger partial charge >= 0.3 is 0 Å². The van der Waals surface area contributed by atoms with E-state index in [9.17, 15) is 4.79 Å². The Morgan fingerprint density at radius 1 is 1.53 bits per heavy atom. The molecule has 0 saturated heterocycles. The van der Waals surface area contributed by atoms with Crippen LogP contribution in [0.25, 0.3) is 0 Å². The normalized spacial score (nSPS) is 11.9. The summed E-state index contributed by atoms with van der Waals surface area (Å²) in [6, 6.07) is 4.26. The topological polar surface area (TPSA) is 46.3 Å². The zero-order valence-electron chi connectivity index (χ0n) is 11.1. The first-order chi connectivity index (χ1) is 7.88. The summed E-state index contributed by atoms with van der Waals surface area (Å²) in [4.78, 5) is 15.5. The smallest absolute Gasteiger partial charge is 0.230 e. The summed E-state index contributed by atoms with van der Waals surface area (Å²) in [5.74, 6) is 0.128. The summed E-state index contributed by atoms with van der Waals surface area (Å²) in [6.07, 6.45) is 0. The van der Waals surface area contributed by atoms with Gasteiger partial charge in [-0.15, -0.1) is 11.3 Å². The van der Waals surface area contributed by atoms with Crippen LogP contribution in [0.15, 0.2) is 17.5 Å². The van der Waals surface area contributed by atoms with Gasteiger partial charge in [-0.25, -0.2) is 0 Å². The van der Waals surface area contributed by atoms with Gasteiger partial charge in [-0.1, -0.05) is 6.07 Å². The van der Waals surface area contributed by atoms with Crippen molar-refractivity contribution in [2.45, 2.75) is 40.3 Å². The van der Waals surface area contributed by atoms with Crippen LogP contribution in [0.4, 0.5) is 0 Å². The van der Waals surface area contributed by atoms with Crippen LogP contribution in [0.5, 0.6) is 0 Å². The maximum absolute atomic E-state index is 12.4. The van der Waals surface area contributed by atoms with Crippen LogP contribution in [-0.4, -0.2) is 23.4 Å². The molecule has 1 rings (SSSR count). The molecule has 0 aliphatic carbocycles. The van der Waals surface area contributed by atoms with E-state index >= 15 is 0 Å². The molecule has 0 atom stereocenters. The highest BCUT2D eigenvalue weighted by Gasteiger charge is 2.32. The van der Waals surface area contributed by atoms with E-state index in [0.717, 1.165) is 0 Å². The lowest BCUT2D eigenvalue weighted by Gasteiger charge is -2.33. The number of hydrogen-bond donors (Lipinski definition) is 1. The van der Waals surface area contributed by atoms with E-state index in [4.69, 9.17) is 5.73 Å². The summed E-state index contributed by atoms with van der Waals surface area (Å²) in [6.45, 7) is 8.94. The number of nitrogens with zero attached hydrogens (tertiary/aromatic N) is 1. The Morgan fingerprint density at radius 2 is 2.18 bits per heavy atom. The molecule has 0 aromatic carbocycles. The molecule has 0 bridgehead atoms. The van der Waals surface area contributed by atoms with Crippen molar-refractivity contribution < 1.29 is 4.79 Å². The molecule has 1 aromatic rings. The van der Waals surface area contributed by atoms with E-state index in [1.807, 2.05) is 44.0 Å². The predicted octanol–water partition coefficient (Wildman–Crippen LogP) is 2.47. The molecule has 96 valence electrons. The van der Waals surface area contributed by atoms with E-state index in [0.29, 0.717) is 13.1 Å². The third-order valence-electron chi connectivity index (χ3n) is 2.88. The second-order valence-electron chi connectivity index (χ2n) is 5.19. The van der Waals surface area contributed by atoms with Crippen molar-refractivity contribution in [1.82, 2.24) is 4.90 Å². The van der Waals surface area contributed by atoms with Gasteiger partial charge in [0, 0.05) is 17.5 Å². The van der Waals surface area contributed by atoms with Gasteiger partial charge in [0.2, 0.25) is 5.91 Å². The highest BCUT2D eigenvalue weighted by Crippen LogP contribution is 2.22. The minimum atomic E-state index is -0.485. The Hall–Kier alpha value is -0.870. The fourth-order valence-electron chi connectivity index (χ4n) is 1.54. The van der Waals surface area contributed by atoms with Gasteiger partial charge in [0.15, 0.2) is 0 Å². The monoisotopic (exact) mass is 254 g/mol. The fourth-order valence-corrected chi connectivity index (χ4v) is 2.24. The molecule has 2 N–H and O–H groups in total. The summed E-state index contributed by atoms with van der Waals surface area (Å²) < 4.78 is 0. The lowest BCUT2D eigenvalue weighted by Crippen LogP contribution is -2.47. The number of amides is 1. The summed E-state index contributed by atoms with van der Waals surface area (Å²) >= 11 is 1.68. The van der Waals surface area contributed by atoms with Crippen molar-refractivity contribution in [2.24, 2.45) is 11.1 Å². The van der Waals surface area contributed by atoms with Gasteiger partial charge in [-0.2, -0.15) is 0 Å². The van der Waals surface area contributed by atoms with E-state index < -0.39 is 5.41 Å². The Kier molecular flexibility index (Phi) is 4.71. The van der Waals surface area contributed by atoms with Crippen LogP contribution in [0.2, 0.25) is 0 Å². The third kappa shape index (κ3) is 3.54. The third-order valence-corrected chi connectivity index (χ3v) is 3.74. The Morgan fingerprint density at radius 3 is 2.59 bits per heavy atom. The number of rotatable bonds is 5. The first-order valence-corrected chi connectivity index (χ1v) is 6.80. The highest BCUT2D eigenvalue weighted by atomic mass is 32.1. The number of hydrogen-bond acceptors (Lipinski definition) is 3. The average Bonchev–Trinajstić information content (AvgIpc) is 2.77. The molecule has 0 unspecified atom stereocenters. The molecule has 0 fully saturated rings. The minimum absolute atomic E-state index is 0.128. The van der Waals surface area contributed by atoms with Crippen molar-refractivity contribution in [2.75, 3.05) is 6.54 Å². The van der Waals surface area contributed by atoms with Crippen LogP contribution >= 0.6 is 11.3 Å². The molecule has 0 aliphatic rings. The number of thiophene rings is 1. The molecule has 1 amide bonds. The van der Waals surface area contributed by atoms with Crippen molar-refractivity contribution in [1.29, 1.82) is 0 Å². The molecule has 0 aliphatic heterocycles. The average molecular weight is 254 g/mol.